The number of hydrogen-bond acceptors (Lipinski definition) is 4. The first-order valence-electron chi connectivity index (χ1n) is 5.45. The van der Waals surface area contributed by atoms with Gasteiger partial charge in [0, 0.05) is 6.04 Å². The summed E-state index contributed by atoms with van der Waals surface area (Å²) in [5.41, 5.74) is 6.61. The van der Waals surface area contributed by atoms with Gasteiger partial charge in [-0.1, -0.05) is 11.6 Å². The molecule has 0 aromatic heterocycles. The fraction of sp³-hybridized carbons (Fsp3) is 0.333. The highest BCUT2D eigenvalue weighted by Gasteiger charge is 2.31. The Hall–Kier alpha value is -1.61. The van der Waals surface area contributed by atoms with Crippen molar-refractivity contribution in [3.05, 3.63) is 28.8 Å². The number of amides is 1. The fourth-order valence-electron chi connectivity index (χ4n) is 1.76. The summed E-state index contributed by atoms with van der Waals surface area (Å²) in [4.78, 5) is 12.0. The van der Waals surface area contributed by atoms with E-state index in [-0.39, 0.29) is 17.9 Å². The Kier molecular flexibility index (Phi) is 3.82. The van der Waals surface area contributed by atoms with Crippen molar-refractivity contribution >= 4 is 23.2 Å². The minimum atomic E-state index is -0.383. The first-order chi connectivity index (χ1) is 8.61. The predicted octanol–water partition coefficient (Wildman–Crippen LogP) is 1.12. The Labute approximate surface area is 109 Å². The van der Waals surface area contributed by atoms with Gasteiger partial charge in [0.1, 0.15) is 0 Å². The number of nitriles is 1. The number of anilines is 1. The highest BCUT2D eigenvalue weighted by Crippen LogP contribution is 2.24. The summed E-state index contributed by atoms with van der Waals surface area (Å²) >= 11 is 5.95. The van der Waals surface area contributed by atoms with Gasteiger partial charge in [-0.25, -0.2) is 0 Å². The van der Waals surface area contributed by atoms with Crippen LogP contribution in [-0.2, 0) is 9.53 Å². The number of carbonyl (C=O) groups excluding carboxylic acids is 1. The molecule has 94 valence electrons. The van der Waals surface area contributed by atoms with Crippen LogP contribution in [0, 0.1) is 17.2 Å². The lowest BCUT2D eigenvalue weighted by molar-refractivity contribution is -0.120. The molecule has 1 aliphatic rings. The summed E-state index contributed by atoms with van der Waals surface area (Å²) in [5.74, 6) is -0.621. The van der Waals surface area contributed by atoms with Crippen LogP contribution >= 0.6 is 11.6 Å². The van der Waals surface area contributed by atoms with E-state index < -0.39 is 0 Å². The Morgan fingerprint density at radius 2 is 2.33 bits per heavy atom. The molecule has 0 spiro atoms. The van der Waals surface area contributed by atoms with Crippen molar-refractivity contribution in [2.75, 3.05) is 18.5 Å². The topological polar surface area (TPSA) is 88.1 Å². The van der Waals surface area contributed by atoms with E-state index in [2.05, 4.69) is 5.32 Å². The third-order valence-corrected chi connectivity index (χ3v) is 3.14. The van der Waals surface area contributed by atoms with Gasteiger partial charge >= 0.3 is 0 Å². The zero-order valence-corrected chi connectivity index (χ0v) is 10.3. The van der Waals surface area contributed by atoms with Crippen LogP contribution in [-0.4, -0.2) is 25.2 Å². The number of benzene rings is 1. The number of rotatable bonds is 2. The molecule has 2 unspecified atom stereocenters. The van der Waals surface area contributed by atoms with Crippen LogP contribution < -0.4 is 11.1 Å². The minimum absolute atomic E-state index is 0.239. The SMILES string of the molecule is N#Cc1ccc(Cl)c(NC(=O)C2COCC2N)c1. The van der Waals surface area contributed by atoms with Crippen LogP contribution in [0.5, 0.6) is 0 Å². The van der Waals surface area contributed by atoms with Gasteiger partial charge in [-0.15, -0.1) is 0 Å². The van der Waals surface area contributed by atoms with Gasteiger partial charge in [-0.2, -0.15) is 5.26 Å². The molecule has 1 fully saturated rings. The molecule has 0 radical (unpaired) electrons. The number of carbonyl (C=O) groups is 1. The van der Waals surface area contributed by atoms with E-state index in [1.165, 1.54) is 6.07 Å². The summed E-state index contributed by atoms with van der Waals surface area (Å²) in [7, 11) is 0. The lowest BCUT2D eigenvalue weighted by Gasteiger charge is -2.14. The molecule has 2 atom stereocenters. The maximum atomic E-state index is 12.0. The zero-order chi connectivity index (χ0) is 13.1. The summed E-state index contributed by atoms with van der Waals surface area (Å²) in [6, 6.07) is 6.37. The Morgan fingerprint density at radius 1 is 1.56 bits per heavy atom. The molecule has 1 amide bonds. The number of nitrogens with two attached hydrogens (primary N) is 1. The molecule has 1 saturated heterocycles. The normalized spacial score (nSPS) is 22.5. The van der Waals surface area contributed by atoms with Gasteiger partial charge in [-0.3, -0.25) is 4.79 Å². The molecule has 2 rings (SSSR count). The van der Waals surface area contributed by atoms with Crippen molar-refractivity contribution in [1.82, 2.24) is 0 Å². The van der Waals surface area contributed by atoms with Crippen molar-refractivity contribution in [3.8, 4) is 6.07 Å². The van der Waals surface area contributed by atoms with Gasteiger partial charge in [0.25, 0.3) is 0 Å². The number of nitrogens with one attached hydrogen (secondary N) is 1. The molecule has 0 aliphatic carbocycles. The molecule has 0 bridgehead atoms. The van der Waals surface area contributed by atoms with Crippen LogP contribution in [0.4, 0.5) is 5.69 Å². The summed E-state index contributed by atoms with van der Waals surface area (Å²) in [6.07, 6.45) is 0. The lowest BCUT2D eigenvalue weighted by atomic mass is 10.0. The van der Waals surface area contributed by atoms with Gasteiger partial charge in [0.15, 0.2) is 0 Å². The van der Waals surface area contributed by atoms with Crippen molar-refractivity contribution in [1.29, 1.82) is 5.26 Å². The van der Waals surface area contributed by atoms with E-state index in [1.807, 2.05) is 6.07 Å². The molecule has 1 aromatic rings. The fourth-order valence-corrected chi connectivity index (χ4v) is 1.92. The number of halogens is 1. The van der Waals surface area contributed by atoms with Crippen molar-refractivity contribution in [2.45, 2.75) is 6.04 Å². The van der Waals surface area contributed by atoms with E-state index >= 15 is 0 Å². The predicted molar refractivity (Wildman–Crippen MR) is 67.1 cm³/mol. The Morgan fingerprint density at radius 3 is 2.94 bits per heavy atom. The maximum Gasteiger partial charge on any atom is 0.231 e. The molecule has 1 aliphatic heterocycles. The van der Waals surface area contributed by atoms with Gasteiger partial charge in [0.05, 0.1) is 41.5 Å². The molecule has 3 N–H and O–H groups in total. The second-order valence-electron chi connectivity index (χ2n) is 4.10. The monoisotopic (exact) mass is 265 g/mol. The summed E-state index contributed by atoms with van der Waals surface area (Å²) in [6.45, 7) is 0.687. The van der Waals surface area contributed by atoms with Crippen LogP contribution in [0.25, 0.3) is 0 Å². The van der Waals surface area contributed by atoms with Crippen LogP contribution in [0.2, 0.25) is 5.02 Å². The van der Waals surface area contributed by atoms with Crippen LogP contribution in [0.1, 0.15) is 5.56 Å². The van der Waals surface area contributed by atoms with Crippen LogP contribution in [0.3, 0.4) is 0 Å². The molecule has 5 nitrogen and oxygen atoms in total. The van der Waals surface area contributed by atoms with Gasteiger partial charge < -0.3 is 15.8 Å². The average Bonchev–Trinajstić information content (AvgIpc) is 2.78. The zero-order valence-electron chi connectivity index (χ0n) is 9.52. The van der Waals surface area contributed by atoms with E-state index in [0.29, 0.717) is 29.5 Å². The number of ether oxygens (including phenoxy) is 1. The Balaban J connectivity index is 2.14. The largest absolute Gasteiger partial charge is 0.379 e. The summed E-state index contributed by atoms with van der Waals surface area (Å²) < 4.78 is 5.13. The summed E-state index contributed by atoms with van der Waals surface area (Å²) in [5, 5.41) is 11.9. The maximum absolute atomic E-state index is 12.0. The molecular weight excluding hydrogens is 254 g/mol. The van der Waals surface area contributed by atoms with Crippen molar-refractivity contribution < 1.29 is 9.53 Å². The molecule has 1 aromatic carbocycles. The quantitative estimate of drug-likeness (QED) is 0.839. The number of nitrogens with zero attached hydrogens (tertiary/aromatic N) is 1. The van der Waals surface area contributed by atoms with E-state index in [0.717, 1.165) is 0 Å². The highest BCUT2D eigenvalue weighted by atomic mass is 35.5. The average molecular weight is 266 g/mol. The van der Waals surface area contributed by atoms with E-state index in [4.69, 9.17) is 27.3 Å². The molecule has 0 saturated carbocycles. The first kappa shape index (κ1) is 12.8. The minimum Gasteiger partial charge on any atom is -0.379 e. The second-order valence-corrected chi connectivity index (χ2v) is 4.51. The van der Waals surface area contributed by atoms with Crippen LogP contribution in [0.15, 0.2) is 18.2 Å². The molecule has 18 heavy (non-hydrogen) atoms. The second kappa shape index (κ2) is 5.36. The smallest absolute Gasteiger partial charge is 0.231 e. The number of hydrogen-bond donors (Lipinski definition) is 2. The first-order valence-corrected chi connectivity index (χ1v) is 5.83. The molecule has 1 heterocycles. The van der Waals surface area contributed by atoms with Gasteiger partial charge in [0.2, 0.25) is 5.91 Å². The Bertz CT molecular complexity index is 513. The van der Waals surface area contributed by atoms with Gasteiger partial charge in [-0.05, 0) is 18.2 Å². The van der Waals surface area contributed by atoms with Crippen molar-refractivity contribution in [3.63, 3.8) is 0 Å². The lowest BCUT2D eigenvalue weighted by Crippen LogP contribution is -2.37. The molecular formula is C12H12ClN3O2. The van der Waals surface area contributed by atoms with E-state index in [9.17, 15) is 4.79 Å². The van der Waals surface area contributed by atoms with Crippen molar-refractivity contribution in [2.24, 2.45) is 11.7 Å². The van der Waals surface area contributed by atoms with E-state index in [1.54, 1.807) is 12.1 Å². The standard InChI is InChI=1S/C12H12ClN3O2/c13-9-2-1-7(4-14)3-11(9)16-12(17)8-5-18-6-10(8)15/h1-3,8,10H,5-6,15H2,(H,16,17). The molecule has 6 heteroatoms. The highest BCUT2D eigenvalue weighted by molar-refractivity contribution is 6.33. The third-order valence-electron chi connectivity index (χ3n) is 2.81. The third kappa shape index (κ3) is 2.62.